The summed E-state index contributed by atoms with van der Waals surface area (Å²) in [7, 11) is 0. The Morgan fingerprint density at radius 3 is 2.43 bits per heavy atom. The molecule has 1 aromatic rings. The highest BCUT2D eigenvalue weighted by Gasteiger charge is 2.56. The van der Waals surface area contributed by atoms with Crippen molar-refractivity contribution in [2.24, 2.45) is 5.92 Å². The molecular formula is C21H26N4O3. The minimum Gasteiger partial charge on any atom is -0.335 e. The van der Waals surface area contributed by atoms with Crippen molar-refractivity contribution in [1.82, 2.24) is 15.5 Å². The van der Waals surface area contributed by atoms with E-state index in [4.69, 9.17) is 0 Å². The predicted molar refractivity (Wildman–Crippen MR) is 103 cm³/mol. The van der Waals surface area contributed by atoms with Crippen LogP contribution in [0.3, 0.4) is 0 Å². The Hall–Kier alpha value is -2.88. The molecule has 2 atom stereocenters. The maximum atomic E-state index is 12.6. The number of hydrogen-bond acceptors (Lipinski definition) is 4. The van der Waals surface area contributed by atoms with Crippen LogP contribution in [0.5, 0.6) is 0 Å². The van der Waals surface area contributed by atoms with Crippen molar-refractivity contribution in [1.29, 1.82) is 5.26 Å². The highest BCUT2D eigenvalue weighted by Crippen LogP contribution is 2.42. The van der Waals surface area contributed by atoms with Gasteiger partial charge in [-0.1, -0.05) is 45.0 Å². The van der Waals surface area contributed by atoms with Crippen LogP contribution in [0.25, 0.3) is 0 Å². The van der Waals surface area contributed by atoms with Crippen LogP contribution >= 0.6 is 0 Å². The van der Waals surface area contributed by atoms with Crippen molar-refractivity contribution >= 4 is 17.8 Å². The van der Waals surface area contributed by atoms with Gasteiger partial charge in [-0.2, -0.15) is 5.26 Å². The zero-order valence-corrected chi connectivity index (χ0v) is 16.7. The van der Waals surface area contributed by atoms with Crippen LogP contribution < -0.4 is 10.6 Å². The fourth-order valence-corrected chi connectivity index (χ4v) is 3.51. The van der Waals surface area contributed by atoms with Crippen LogP contribution in [0.4, 0.5) is 4.79 Å². The molecule has 0 bridgehead atoms. The first-order valence-corrected chi connectivity index (χ1v) is 9.50. The summed E-state index contributed by atoms with van der Waals surface area (Å²) in [5.41, 5.74) is 0.845. The van der Waals surface area contributed by atoms with Gasteiger partial charge in [0, 0.05) is 0 Å². The normalized spacial score (nSPS) is 23.2. The van der Waals surface area contributed by atoms with E-state index < -0.39 is 30.1 Å². The maximum absolute atomic E-state index is 12.6. The molecule has 1 heterocycles. The number of imide groups is 1. The summed E-state index contributed by atoms with van der Waals surface area (Å²) in [6, 6.07) is 8.15. The summed E-state index contributed by atoms with van der Waals surface area (Å²) in [5, 5.41) is 14.8. The van der Waals surface area contributed by atoms with Crippen LogP contribution in [0.15, 0.2) is 24.3 Å². The summed E-state index contributed by atoms with van der Waals surface area (Å²) in [5.74, 6) is -0.793. The zero-order valence-electron chi connectivity index (χ0n) is 16.7. The number of carbonyl (C=O) groups is 3. The summed E-state index contributed by atoms with van der Waals surface area (Å²) in [6.45, 7) is 7.60. The number of nitrogens with zero attached hydrogens (tertiary/aromatic N) is 2. The molecule has 0 spiro atoms. The molecule has 28 heavy (non-hydrogen) atoms. The third-order valence-corrected chi connectivity index (χ3v) is 5.54. The average molecular weight is 382 g/mol. The Morgan fingerprint density at radius 1 is 1.32 bits per heavy atom. The minimum atomic E-state index is -0.922. The number of benzene rings is 1. The molecule has 1 saturated carbocycles. The Bertz CT molecular complexity index is 846. The molecule has 1 aliphatic carbocycles. The lowest BCUT2D eigenvalue weighted by Crippen LogP contribution is -2.47. The second-order valence-electron chi connectivity index (χ2n) is 8.80. The smallest absolute Gasteiger partial charge is 0.325 e. The number of urea groups is 1. The molecule has 2 aliphatic rings. The third-order valence-electron chi connectivity index (χ3n) is 5.54. The van der Waals surface area contributed by atoms with E-state index in [2.05, 4.69) is 37.5 Å². The quantitative estimate of drug-likeness (QED) is 0.763. The monoisotopic (exact) mass is 382 g/mol. The van der Waals surface area contributed by atoms with Gasteiger partial charge in [0.2, 0.25) is 5.91 Å². The molecule has 4 amide bonds. The van der Waals surface area contributed by atoms with E-state index in [9.17, 15) is 19.6 Å². The second kappa shape index (κ2) is 6.93. The van der Waals surface area contributed by atoms with Crippen molar-refractivity contribution < 1.29 is 14.4 Å². The van der Waals surface area contributed by atoms with E-state index in [0.29, 0.717) is 5.56 Å². The van der Waals surface area contributed by atoms with E-state index in [1.165, 1.54) is 0 Å². The highest BCUT2D eigenvalue weighted by atomic mass is 16.2. The van der Waals surface area contributed by atoms with Gasteiger partial charge in [0.1, 0.15) is 18.1 Å². The van der Waals surface area contributed by atoms with Crippen LogP contribution in [-0.4, -0.2) is 34.8 Å². The number of amides is 4. The Kier molecular flexibility index (Phi) is 4.92. The number of nitriles is 1. The van der Waals surface area contributed by atoms with Crippen LogP contribution in [0.2, 0.25) is 0 Å². The Balaban J connectivity index is 1.65. The molecule has 3 rings (SSSR count). The molecule has 7 heteroatoms. The fraction of sp³-hybridized carbons (Fsp3) is 0.524. The first-order chi connectivity index (χ1) is 13.1. The second-order valence-corrected chi connectivity index (χ2v) is 8.80. The molecule has 7 nitrogen and oxygen atoms in total. The number of hydrogen-bond donors (Lipinski definition) is 2. The van der Waals surface area contributed by atoms with Gasteiger partial charge in [0.25, 0.3) is 5.91 Å². The Morgan fingerprint density at radius 2 is 1.93 bits per heavy atom. The molecular weight excluding hydrogens is 356 g/mol. The molecule has 1 aliphatic heterocycles. The van der Waals surface area contributed by atoms with E-state index in [0.717, 1.165) is 23.3 Å². The first kappa shape index (κ1) is 19.9. The van der Waals surface area contributed by atoms with Gasteiger partial charge in [-0.15, -0.1) is 0 Å². The largest absolute Gasteiger partial charge is 0.335 e. The van der Waals surface area contributed by atoms with Gasteiger partial charge in [-0.25, -0.2) is 4.79 Å². The first-order valence-electron chi connectivity index (χ1n) is 9.50. The van der Waals surface area contributed by atoms with Crippen LogP contribution in [0.1, 0.15) is 57.7 Å². The fourth-order valence-electron chi connectivity index (χ4n) is 3.51. The molecule has 1 saturated heterocycles. The molecule has 2 N–H and O–H groups in total. The third kappa shape index (κ3) is 3.72. The SMILES string of the molecule is CC(C)(C)c1ccc([C@H](C#N)NC(=O)CN2C(=O)N[C@](C)(C3CC3)C2=O)cc1. The average Bonchev–Trinajstić information content (AvgIpc) is 3.45. The summed E-state index contributed by atoms with van der Waals surface area (Å²) in [6.07, 6.45) is 1.78. The van der Waals surface area contributed by atoms with Crippen molar-refractivity contribution in [3.05, 3.63) is 35.4 Å². The van der Waals surface area contributed by atoms with Gasteiger partial charge in [-0.3, -0.25) is 14.5 Å². The summed E-state index contributed by atoms with van der Waals surface area (Å²) in [4.78, 5) is 38.1. The van der Waals surface area contributed by atoms with Gasteiger partial charge >= 0.3 is 6.03 Å². The lowest BCUT2D eigenvalue weighted by molar-refractivity contribution is -0.135. The standard InChI is InChI=1S/C21H26N4O3/c1-20(2,3)14-7-5-13(6-8-14)16(11-22)23-17(26)12-25-18(27)21(4,15-9-10-15)24-19(25)28/h5-8,15-16H,9-10,12H2,1-4H3,(H,23,26)(H,24,28)/t16-,21+/m0/s1. The van der Waals surface area contributed by atoms with Crippen LogP contribution in [0, 0.1) is 17.2 Å². The van der Waals surface area contributed by atoms with Gasteiger partial charge in [0.15, 0.2) is 0 Å². The van der Waals surface area contributed by atoms with Gasteiger partial charge in [-0.05, 0) is 42.2 Å². The molecule has 0 unspecified atom stereocenters. The minimum absolute atomic E-state index is 0.0123. The van der Waals surface area contributed by atoms with Crippen molar-refractivity contribution in [3.63, 3.8) is 0 Å². The van der Waals surface area contributed by atoms with Crippen molar-refractivity contribution in [2.45, 2.75) is 57.5 Å². The highest BCUT2D eigenvalue weighted by molar-refractivity contribution is 6.09. The van der Waals surface area contributed by atoms with Crippen LogP contribution in [-0.2, 0) is 15.0 Å². The van der Waals surface area contributed by atoms with Gasteiger partial charge in [0.05, 0.1) is 6.07 Å². The Labute approximate surface area is 165 Å². The van der Waals surface area contributed by atoms with Gasteiger partial charge < -0.3 is 10.6 Å². The zero-order chi connectivity index (χ0) is 20.7. The molecule has 148 valence electrons. The molecule has 0 aromatic heterocycles. The topological polar surface area (TPSA) is 102 Å². The van der Waals surface area contributed by atoms with E-state index >= 15 is 0 Å². The van der Waals surface area contributed by atoms with Crippen molar-refractivity contribution in [2.75, 3.05) is 6.54 Å². The maximum Gasteiger partial charge on any atom is 0.325 e. The van der Waals surface area contributed by atoms with E-state index in [1.54, 1.807) is 6.92 Å². The number of nitrogens with one attached hydrogen (secondary N) is 2. The molecule has 2 fully saturated rings. The van der Waals surface area contributed by atoms with E-state index in [1.807, 2.05) is 24.3 Å². The molecule has 1 aromatic carbocycles. The van der Waals surface area contributed by atoms with Crippen molar-refractivity contribution in [3.8, 4) is 6.07 Å². The molecule has 0 radical (unpaired) electrons. The lowest BCUT2D eigenvalue weighted by atomic mass is 9.86. The van der Waals surface area contributed by atoms with E-state index in [-0.39, 0.29) is 17.2 Å². The predicted octanol–water partition coefficient (Wildman–Crippen LogP) is 2.39. The number of rotatable bonds is 5. The summed E-state index contributed by atoms with van der Waals surface area (Å²) < 4.78 is 0. The lowest BCUT2D eigenvalue weighted by Gasteiger charge is -2.21. The summed E-state index contributed by atoms with van der Waals surface area (Å²) >= 11 is 0. The number of carbonyl (C=O) groups excluding carboxylic acids is 3.